The van der Waals surface area contributed by atoms with Crippen LogP contribution in [0.15, 0.2) is 17.6 Å². The topological polar surface area (TPSA) is 83.7 Å². The summed E-state index contributed by atoms with van der Waals surface area (Å²) in [6, 6.07) is 0.858. The Morgan fingerprint density at radius 2 is 2.19 bits per heavy atom. The van der Waals surface area contributed by atoms with Crippen LogP contribution in [0.3, 0.4) is 0 Å². The number of hydrogen-bond acceptors (Lipinski definition) is 5. The maximum atomic E-state index is 12.2. The molecule has 110 valence electrons. The van der Waals surface area contributed by atoms with Gasteiger partial charge in [-0.05, 0) is 12.0 Å². The molecule has 6 nitrogen and oxygen atoms in total. The lowest BCUT2D eigenvalue weighted by Gasteiger charge is -2.17. The van der Waals surface area contributed by atoms with Crippen molar-refractivity contribution in [2.24, 2.45) is 5.92 Å². The van der Waals surface area contributed by atoms with E-state index in [1.165, 1.54) is 22.7 Å². The van der Waals surface area contributed by atoms with Crippen molar-refractivity contribution in [3.8, 4) is 0 Å². The van der Waals surface area contributed by atoms with E-state index in [9.17, 15) is 9.59 Å². The number of nitrogens with one attached hydrogen (secondary N) is 1. The van der Waals surface area contributed by atoms with E-state index in [4.69, 9.17) is 5.11 Å². The molecule has 2 N–H and O–H groups in total. The Balaban J connectivity index is 1.90. The highest BCUT2D eigenvalue weighted by molar-refractivity contribution is 7.21. The molecule has 8 heteroatoms. The first-order valence-corrected chi connectivity index (χ1v) is 8.05. The first-order chi connectivity index (χ1) is 9.97. The Kier molecular flexibility index (Phi) is 3.42. The van der Waals surface area contributed by atoms with Gasteiger partial charge in [0.2, 0.25) is 0 Å². The maximum absolute atomic E-state index is 12.2. The monoisotopic (exact) mass is 323 g/mol. The van der Waals surface area contributed by atoms with Crippen molar-refractivity contribution in [2.45, 2.75) is 19.9 Å². The van der Waals surface area contributed by atoms with E-state index in [-0.39, 0.29) is 11.8 Å². The average molecular weight is 323 g/mol. The second kappa shape index (κ2) is 5.12. The molecule has 0 fully saturated rings. The second-order valence-corrected chi connectivity index (χ2v) is 6.91. The van der Waals surface area contributed by atoms with Gasteiger partial charge < -0.3 is 10.4 Å². The molecule has 3 aromatic rings. The predicted molar refractivity (Wildman–Crippen MR) is 82.2 cm³/mol. The molecule has 0 saturated heterocycles. The largest absolute Gasteiger partial charge is 0.480 e. The predicted octanol–water partition coefficient (Wildman–Crippen LogP) is 2.45. The normalized spacial score (nSPS) is 13.1. The molecule has 3 heterocycles. The highest BCUT2D eigenvalue weighted by Crippen LogP contribution is 2.28. The summed E-state index contributed by atoms with van der Waals surface area (Å²) >= 11 is 2.80. The van der Waals surface area contributed by atoms with Gasteiger partial charge in [-0.1, -0.05) is 13.8 Å². The van der Waals surface area contributed by atoms with E-state index in [2.05, 4.69) is 10.3 Å². The molecule has 1 amide bonds. The lowest BCUT2D eigenvalue weighted by atomic mass is 10.0. The average Bonchev–Trinajstić information content (AvgIpc) is 3.05. The van der Waals surface area contributed by atoms with Crippen molar-refractivity contribution in [2.75, 3.05) is 0 Å². The van der Waals surface area contributed by atoms with Gasteiger partial charge in [0.25, 0.3) is 5.91 Å². The number of hydrogen-bond donors (Lipinski definition) is 2. The number of fused-ring (bicyclic) bond motifs is 3. The Labute approximate surface area is 128 Å². The van der Waals surface area contributed by atoms with Crippen molar-refractivity contribution < 1.29 is 14.7 Å². The highest BCUT2D eigenvalue weighted by Gasteiger charge is 2.25. The number of amides is 1. The van der Waals surface area contributed by atoms with E-state index in [0.29, 0.717) is 4.88 Å². The van der Waals surface area contributed by atoms with Crippen LogP contribution in [0.2, 0.25) is 0 Å². The molecule has 0 unspecified atom stereocenters. The summed E-state index contributed by atoms with van der Waals surface area (Å²) in [4.78, 5) is 29.9. The smallest absolute Gasteiger partial charge is 0.326 e. The molecule has 0 aliphatic carbocycles. The minimum atomic E-state index is -1.03. The molecule has 0 saturated carbocycles. The third kappa shape index (κ3) is 2.40. The first kappa shape index (κ1) is 14.0. The number of carboxylic acid groups (broad SMARTS) is 1. The number of aliphatic carboxylic acids is 1. The van der Waals surface area contributed by atoms with E-state index in [1.807, 2.05) is 16.0 Å². The Morgan fingerprint density at radius 3 is 2.86 bits per heavy atom. The van der Waals surface area contributed by atoms with Crippen LogP contribution >= 0.6 is 22.7 Å². The first-order valence-electron chi connectivity index (χ1n) is 6.36. The number of thiazole rings is 1. The molecular weight excluding hydrogens is 310 g/mol. The van der Waals surface area contributed by atoms with Gasteiger partial charge >= 0.3 is 5.97 Å². The van der Waals surface area contributed by atoms with Gasteiger partial charge in [0, 0.05) is 11.6 Å². The summed E-state index contributed by atoms with van der Waals surface area (Å²) in [7, 11) is 0. The molecule has 1 atom stereocenters. The highest BCUT2D eigenvalue weighted by atomic mass is 32.1. The summed E-state index contributed by atoms with van der Waals surface area (Å²) < 4.78 is 1.92. The van der Waals surface area contributed by atoms with Crippen LogP contribution in [-0.2, 0) is 4.79 Å². The third-order valence-corrected chi connectivity index (χ3v) is 4.96. The van der Waals surface area contributed by atoms with Crippen molar-refractivity contribution in [1.82, 2.24) is 14.7 Å². The van der Waals surface area contributed by atoms with Crippen LogP contribution < -0.4 is 5.32 Å². The van der Waals surface area contributed by atoms with Crippen LogP contribution in [0.25, 0.3) is 15.3 Å². The lowest BCUT2D eigenvalue weighted by molar-refractivity contribution is -0.140. The van der Waals surface area contributed by atoms with Gasteiger partial charge in [-0.3, -0.25) is 9.20 Å². The lowest BCUT2D eigenvalue weighted by Crippen LogP contribution is -2.44. The molecule has 0 aromatic carbocycles. The van der Waals surface area contributed by atoms with E-state index in [0.717, 1.165) is 15.3 Å². The second-order valence-electron chi connectivity index (χ2n) is 5.00. The number of thiophene rings is 1. The number of carbonyl (C=O) groups is 2. The molecule has 0 bridgehead atoms. The molecule has 0 aliphatic rings. The fourth-order valence-electron chi connectivity index (χ4n) is 2.09. The zero-order valence-corrected chi connectivity index (χ0v) is 13.0. The minimum Gasteiger partial charge on any atom is -0.480 e. The molecule has 3 rings (SSSR count). The van der Waals surface area contributed by atoms with Gasteiger partial charge in [0.05, 0.1) is 10.4 Å². The van der Waals surface area contributed by atoms with Crippen LogP contribution in [0.5, 0.6) is 0 Å². The molecule has 0 aliphatic heterocycles. The molecule has 0 radical (unpaired) electrons. The standard InChI is InChI=1S/C13H13N3O3S2/c1-6(2)9(12(18)19)14-10(17)8-5-7-11(21-8)15-13-16(7)3-4-20-13/h3-6,9H,1-2H3,(H,14,17)(H,18,19)/t9-/m1/s1. The van der Waals surface area contributed by atoms with Gasteiger partial charge in [0.1, 0.15) is 10.9 Å². The Hall–Kier alpha value is -1.93. The summed E-state index contributed by atoms with van der Waals surface area (Å²) in [5.74, 6) is -1.58. The summed E-state index contributed by atoms with van der Waals surface area (Å²) in [5, 5.41) is 13.6. The van der Waals surface area contributed by atoms with Crippen molar-refractivity contribution >= 4 is 49.9 Å². The van der Waals surface area contributed by atoms with Crippen LogP contribution in [0.1, 0.15) is 23.5 Å². The molecular formula is C13H13N3O3S2. The van der Waals surface area contributed by atoms with Crippen molar-refractivity contribution in [3.05, 3.63) is 22.5 Å². The number of carboxylic acids is 1. The van der Waals surface area contributed by atoms with Crippen LogP contribution in [0.4, 0.5) is 0 Å². The number of imidazole rings is 1. The van der Waals surface area contributed by atoms with Gasteiger partial charge in [0.15, 0.2) is 4.96 Å². The summed E-state index contributed by atoms with van der Waals surface area (Å²) in [6.45, 7) is 3.52. The van der Waals surface area contributed by atoms with Crippen LogP contribution in [0, 0.1) is 5.92 Å². The van der Waals surface area contributed by atoms with Gasteiger partial charge in [-0.15, -0.1) is 22.7 Å². The Bertz CT molecular complexity index is 830. The number of rotatable bonds is 4. The van der Waals surface area contributed by atoms with Gasteiger partial charge in [-0.25, -0.2) is 9.78 Å². The van der Waals surface area contributed by atoms with E-state index in [1.54, 1.807) is 19.9 Å². The number of nitrogens with zero attached hydrogens (tertiary/aromatic N) is 2. The molecule has 0 spiro atoms. The van der Waals surface area contributed by atoms with E-state index < -0.39 is 12.0 Å². The maximum Gasteiger partial charge on any atom is 0.326 e. The molecule has 21 heavy (non-hydrogen) atoms. The third-order valence-electron chi connectivity index (χ3n) is 3.18. The molecule has 3 aromatic heterocycles. The SMILES string of the molecule is CC(C)[C@@H](NC(=O)c1cc2c(nc3sccn32)s1)C(=O)O. The summed E-state index contributed by atoms with van der Waals surface area (Å²) in [5.41, 5.74) is 0.873. The summed E-state index contributed by atoms with van der Waals surface area (Å²) in [6.07, 6.45) is 1.90. The fraction of sp³-hybridized carbons (Fsp3) is 0.308. The number of carbonyl (C=O) groups excluding carboxylic acids is 1. The van der Waals surface area contributed by atoms with Crippen molar-refractivity contribution in [1.29, 1.82) is 0 Å². The van der Waals surface area contributed by atoms with E-state index >= 15 is 0 Å². The van der Waals surface area contributed by atoms with Crippen LogP contribution in [-0.4, -0.2) is 32.4 Å². The Morgan fingerprint density at radius 1 is 1.43 bits per heavy atom. The van der Waals surface area contributed by atoms with Crippen molar-refractivity contribution in [3.63, 3.8) is 0 Å². The fourth-order valence-corrected chi connectivity index (χ4v) is 3.79. The zero-order valence-electron chi connectivity index (χ0n) is 11.4. The van der Waals surface area contributed by atoms with Gasteiger partial charge in [-0.2, -0.15) is 0 Å². The zero-order chi connectivity index (χ0) is 15.1. The minimum absolute atomic E-state index is 0.180. The number of aromatic nitrogens is 2. The quantitative estimate of drug-likeness (QED) is 0.772.